The summed E-state index contributed by atoms with van der Waals surface area (Å²) >= 11 is 0. The molecule has 0 aromatic heterocycles. The van der Waals surface area contributed by atoms with Crippen molar-refractivity contribution >= 4 is 0 Å². The number of hydrogen-bond acceptors (Lipinski definition) is 3. The number of hydrogen-bond donors (Lipinski definition) is 1. The molecule has 3 heteroatoms. The summed E-state index contributed by atoms with van der Waals surface area (Å²) in [5.41, 5.74) is 0. The second-order valence-electron chi connectivity index (χ2n) is 6.78. The van der Waals surface area contributed by atoms with Crippen LogP contribution in [0.3, 0.4) is 0 Å². The van der Waals surface area contributed by atoms with Crippen molar-refractivity contribution in [1.29, 1.82) is 0 Å². The Kier molecular flexibility index (Phi) is 8.08. The number of ether oxygens (including phenoxy) is 2. The van der Waals surface area contributed by atoms with Crippen LogP contribution in [0.4, 0.5) is 0 Å². The van der Waals surface area contributed by atoms with Crippen molar-refractivity contribution in [2.24, 2.45) is 5.92 Å². The van der Waals surface area contributed by atoms with Crippen molar-refractivity contribution in [3.63, 3.8) is 0 Å². The van der Waals surface area contributed by atoms with Crippen LogP contribution in [-0.2, 0) is 9.47 Å². The molecule has 120 valence electrons. The van der Waals surface area contributed by atoms with E-state index >= 15 is 0 Å². The minimum Gasteiger partial charge on any atom is -0.350 e. The van der Waals surface area contributed by atoms with Crippen molar-refractivity contribution in [3.05, 3.63) is 0 Å². The Hall–Kier alpha value is -0.120. The number of rotatable bonds is 9. The zero-order chi connectivity index (χ0) is 15.0. The highest BCUT2D eigenvalue weighted by Gasteiger charge is 2.33. The van der Waals surface area contributed by atoms with E-state index in [0.29, 0.717) is 18.0 Å². The van der Waals surface area contributed by atoms with Crippen LogP contribution in [0, 0.1) is 5.92 Å². The lowest BCUT2D eigenvalue weighted by Crippen LogP contribution is -2.40. The van der Waals surface area contributed by atoms with Crippen molar-refractivity contribution < 1.29 is 9.47 Å². The molecule has 1 aliphatic carbocycles. The minimum atomic E-state index is -0.282. The molecule has 0 radical (unpaired) electrons. The van der Waals surface area contributed by atoms with E-state index in [1.54, 1.807) is 0 Å². The molecule has 0 bridgehead atoms. The zero-order valence-corrected chi connectivity index (χ0v) is 14.2. The van der Waals surface area contributed by atoms with Gasteiger partial charge in [-0.1, -0.05) is 27.2 Å². The smallest absolute Gasteiger partial charge is 0.168 e. The molecule has 0 amide bonds. The van der Waals surface area contributed by atoms with Gasteiger partial charge in [0.1, 0.15) is 0 Å². The summed E-state index contributed by atoms with van der Waals surface area (Å²) in [6, 6.07) is 1.09. The van der Waals surface area contributed by atoms with Crippen LogP contribution in [0.2, 0.25) is 0 Å². The van der Waals surface area contributed by atoms with Gasteiger partial charge in [-0.3, -0.25) is 0 Å². The third-order valence-electron chi connectivity index (χ3n) is 4.03. The van der Waals surface area contributed by atoms with E-state index in [1.807, 2.05) is 0 Å². The topological polar surface area (TPSA) is 30.5 Å². The molecular weight excluding hydrogens is 250 g/mol. The highest BCUT2D eigenvalue weighted by molar-refractivity contribution is 4.76. The van der Waals surface area contributed by atoms with Gasteiger partial charge in [0.05, 0.1) is 6.61 Å². The molecule has 0 spiro atoms. The maximum absolute atomic E-state index is 6.23. The number of nitrogens with one attached hydrogen (secondary N) is 1. The van der Waals surface area contributed by atoms with Gasteiger partial charge in [0.25, 0.3) is 0 Å². The van der Waals surface area contributed by atoms with Crippen molar-refractivity contribution in [3.8, 4) is 0 Å². The average Bonchev–Trinajstić information content (AvgIpc) is 2.37. The highest BCUT2D eigenvalue weighted by Crippen LogP contribution is 2.33. The van der Waals surface area contributed by atoms with Gasteiger partial charge in [-0.15, -0.1) is 0 Å². The Morgan fingerprint density at radius 2 is 1.65 bits per heavy atom. The third kappa shape index (κ3) is 6.55. The predicted molar refractivity (Wildman–Crippen MR) is 84.9 cm³/mol. The van der Waals surface area contributed by atoms with Gasteiger partial charge in [-0.25, -0.2) is 0 Å². The standard InChI is InChI=1S/C17H35NO2/c1-6-19-17(10-8-7-9-11-17)20-13-15(4)12-16(5)18-14(2)3/h14-16,18H,6-13H2,1-5H3. The highest BCUT2D eigenvalue weighted by atomic mass is 16.7. The monoisotopic (exact) mass is 285 g/mol. The molecule has 0 aliphatic heterocycles. The van der Waals surface area contributed by atoms with Crippen LogP contribution in [0.15, 0.2) is 0 Å². The quantitative estimate of drug-likeness (QED) is 0.647. The third-order valence-corrected chi connectivity index (χ3v) is 4.03. The van der Waals surface area contributed by atoms with Gasteiger partial charge in [0, 0.05) is 31.5 Å². The summed E-state index contributed by atoms with van der Waals surface area (Å²) in [5, 5.41) is 3.56. The molecule has 0 aromatic rings. The molecule has 0 heterocycles. The molecule has 1 saturated carbocycles. The van der Waals surface area contributed by atoms with Gasteiger partial charge in [0.15, 0.2) is 5.79 Å². The summed E-state index contributed by atoms with van der Waals surface area (Å²) in [6.07, 6.45) is 7.07. The Balaban J connectivity index is 2.34. The molecule has 1 N–H and O–H groups in total. The average molecular weight is 285 g/mol. The van der Waals surface area contributed by atoms with E-state index in [0.717, 1.165) is 32.5 Å². The molecule has 0 saturated heterocycles. The van der Waals surface area contributed by atoms with E-state index in [2.05, 4.69) is 39.9 Å². The van der Waals surface area contributed by atoms with Crippen LogP contribution >= 0.6 is 0 Å². The fraction of sp³-hybridized carbons (Fsp3) is 1.00. The van der Waals surface area contributed by atoms with Crippen LogP contribution < -0.4 is 5.32 Å². The summed E-state index contributed by atoms with van der Waals surface area (Å²) in [4.78, 5) is 0. The predicted octanol–water partition coefficient (Wildman–Crippen LogP) is 4.11. The summed E-state index contributed by atoms with van der Waals surface area (Å²) in [7, 11) is 0. The van der Waals surface area contributed by atoms with Crippen molar-refractivity contribution in [1.82, 2.24) is 5.32 Å². The molecule has 20 heavy (non-hydrogen) atoms. The van der Waals surface area contributed by atoms with E-state index in [1.165, 1.54) is 19.3 Å². The Labute approximate surface area is 125 Å². The van der Waals surface area contributed by atoms with Gasteiger partial charge in [0.2, 0.25) is 0 Å². The van der Waals surface area contributed by atoms with E-state index in [4.69, 9.17) is 9.47 Å². The molecule has 1 rings (SSSR count). The maximum atomic E-state index is 6.23. The first-order valence-corrected chi connectivity index (χ1v) is 8.51. The second kappa shape index (κ2) is 9.01. The summed E-state index contributed by atoms with van der Waals surface area (Å²) in [5.74, 6) is 0.284. The van der Waals surface area contributed by atoms with Gasteiger partial charge >= 0.3 is 0 Å². The summed E-state index contributed by atoms with van der Waals surface area (Å²) < 4.78 is 12.2. The SMILES string of the molecule is CCOC1(OCC(C)CC(C)NC(C)C)CCCCC1. The van der Waals surface area contributed by atoms with Crippen molar-refractivity contribution in [2.75, 3.05) is 13.2 Å². The minimum absolute atomic E-state index is 0.282. The fourth-order valence-corrected chi connectivity index (χ4v) is 3.29. The lowest BCUT2D eigenvalue weighted by Gasteiger charge is -2.37. The second-order valence-corrected chi connectivity index (χ2v) is 6.78. The van der Waals surface area contributed by atoms with Crippen molar-refractivity contribution in [2.45, 2.75) is 91.0 Å². The van der Waals surface area contributed by atoms with Gasteiger partial charge in [-0.2, -0.15) is 0 Å². The molecule has 2 unspecified atom stereocenters. The van der Waals surface area contributed by atoms with Gasteiger partial charge in [-0.05, 0) is 39.0 Å². The molecule has 3 nitrogen and oxygen atoms in total. The fourth-order valence-electron chi connectivity index (χ4n) is 3.29. The molecule has 0 aromatic carbocycles. The Morgan fingerprint density at radius 1 is 1.00 bits per heavy atom. The summed E-state index contributed by atoms with van der Waals surface area (Å²) in [6.45, 7) is 12.6. The van der Waals surface area contributed by atoms with E-state index < -0.39 is 0 Å². The molecule has 2 atom stereocenters. The zero-order valence-electron chi connectivity index (χ0n) is 14.2. The lowest BCUT2D eigenvalue weighted by molar-refractivity contribution is -0.255. The first-order chi connectivity index (χ1) is 9.47. The van der Waals surface area contributed by atoms with Crippen LogP contribution in [0.25, 0.3) is 0 Å². The molecule has 1 aliphatic rings. The Morgan fingerprint density at radius 3 is 2.20 bits per heavy atom. The molecule has 1 fully saturated rings. The normalized spacial score (nSPS) is 21.9. The molecular formula is C17H35NO2. The first kappa shape index (κ1) is 17.9. The maximum Gasteiger partial charge on any atom is 0.168 e. The van der Waals surface area contributed by atoms with Crippen LogP contribution in [0.5, 0.6) is 0 Å². The lowest BCUT2D eigenvalue weighted by atomic mass is 9.93. The van der Waals surface area contributed by atoms with E-state index in [9.17, 15) is 0 Å². The van der Waals surface area contributed by atoms with Crippen LogP contribution in [0.1, 0.15) is 73.1 Å². The van der Waals surface area contributed by atoms with E-state index in [-0.39, 0.29) is 5.79 Å². The largest absolute Gasteiger partial charge is 0.350 e. The van der Waals surface area contributed by atoms with Crippen LogP contribution in [-0.4, -0.2) is 31.1 Å². The Bertz CT molecular complexity index is 244. The first-order valence-electron chi connectivity index (χ1n) is 8.51. The van der Waals surface area contributed by atoms with Gasteiger partial charge < -0.3 is 14.8 Å².